The number of benzene rings is 1. The Kier molecular flexibility index (Phi) is 5.55. The topological polar surface area (TPSA) is 59.5 Å². The number of carbonyl (C=O) groups is 1. The van der Waals surface area contributed by atoms with Crippen molar-refractivity contribution in [3.63, 3.8) is 0 Å². The number of aryl methyl sites for hydroxylation is 1. The normalized spacial score (nSPS) is 19.0. The van der Waals surface area contributed by atoms with Crippen LogP contribution in [-0.2, 0) is 16.2 Å². The molecule has 7 heteroatoms. The molecule has 5 nitrogen and oxygen atoms in total. The lowest BCUT2D eigenvalue weighted by Gasteiger charge is -2.22. The molecule has 1 fully saturated rings. The Labute approximate surface area is 149 Å². The van der Waals surface area contributed by atoms with Gasteiger partial charge in [-0.15, -0.1) is 15.6 Å². The van der Waals surface area contributed by atoms with Crippen LogP contribution in [0, 0.1) is 12.8 Å². The van der Waals surface area contributed by atoms with Gasteiger partial charge in [0.2, 0.25) is 6.41 Å². The monoisotopic (exact) mass is 363 g/mol. The van der Waals surface area contributed by atoms with Crippen molar-refractivity contribution in [2.75, 3.05) is 26.7 Å². The third-order valence-electron chi connectivity index (χ3n) is 4.22. The molecule has 1 aliphatic rings. The minimum Gasteiger partial charge on any atom is -0.593 e. The van der Waals surface area contributed by atoms with Crippen molar-refractivity contribution in [1.29, 1.82) is 0 Å². The maximum atomic E-state index is 12.8. The molecule has 0 radical (unpaired) electrons. The van der Waals surface area contributed by atoms with Gasteiger partial charge in [-0.25, -0.2) is 4.98 Å². The number of aromatic nitrogens is 1. The number of nitrogens with zero attached hydrogens (tertiary/aromatic N) is 3. The van der Waals surface area contributed by atoms with E-state index < -0.39 is 11.4 Å². The molecule has 1 aromatic heterocycles. The number of carbonyl (C=O) groups excluding carboxylic acids is 1. The van der Waals surface area contributed by atoms with Gasteiger partial charge in [0.25, 0.3) is 0 Å². The van der Waals surface area contributed by atoms with Crippen molar-refractivity contribution in [3.05, 3.63) is 34.7 Å². The molecule has 2 unspecified atom stereocenters. The first kappa shape index (κ1) is 17.4. The van der Waals surface area contributed by atoms with Crippen LogP contribution >= 0.6 is 11.3 Å². The second-order valence-electron chi connectivity index (χ2n) is 6.09. The SMILES string of the molecule is Cc1nc(-c2cccc([S+]([O-])N(C)CC3CCN(C=O)C3)c2)cs1. The van der Waals surface area contributed by atoms with Crippen LogP contribution in [0.15, 0.2) is 34.5 Å². The Hall–Kier alpha value is -1.41. The molecule has 1 saturated heterocycles. The molecule has 1 aromatic carbocycles. The molecule has 0 saturated carbocycles. The fraction of sp³-hybridized carbons (Fsp3) is 0.412. The summed E-state index contributed by atoms with van der Waals surface area (Å²) in [5.41, 5.74) is 1.92. The van der Waals surface area contributed by atoms with E-state index in [4.69, 9.17) is 0 Å². The average molecular weight is 364 g/mol. The molecule has 1 amide bonds. The van der Waals surface area contributed by atoms with E-state index in [1.165, 1.54) is 0 Å². The van der Waals surface area contributed by atoms with Gasteiger partial charge in [-0.1, -0.05) is 12.1 Å². The van der Waals surface area contributed by atoms with Crippen molar-refractivity contribution in [3.8, 4) is 11.3 Å². The van der Waals surface area contributed by atoms with Crippen molar-refractivity contribution in [1.82, 2.24) is 14.2 Å². The van der Waals surface area contributed by atoms with E-state index in [1.807, 2.05) is 47.9 Å². The number of amides is 1. The Morgan fingerprint density at radius 2 is 2.38 bits per heavy atom. The summed E-state index contributed by atoms with van der Waals surface area (Å²) in [6.45, 7) is 4.25. The second kappa shape index (κ2) is 7.65. The van der Waals surface area contributed by atoms with E-state index in [1.54, 1.807) is 16.2 Å². The van der Waals surface area contributed by atoms with Crippen molar-refractivity contribution < 1.29 is 9.35 Å². The smallest absolute Gasteiger partial charge is 0.209 e. The van der Waals surface area contributed by atoms with Gasteiger partial charge < -0.3 is 9.45 Å². The summed E-state index contributed by atoms with van der Waals surface area (Å²) in [4.78, 5) is 17.9. The standard InChI is InChI=1S/C17H21N3O2S2/c1-13-18-17(11-23-13)15-4-3-5-16(8-15)24(22)19(2)9-14-6-7-20(10-14)12-21/h3-5,8,11-12,14H,6-7,9-10H2,1-2H3. The molecule has 128 valence electrons. The third kappa shape index (κ3) is 3.97. The first-order valence-electron chi connectivity index (χ1n) is 7.91. The van der Waals surface area contributed by atoms with Gasteiger partial charge in [0.1, 0.15) is 0 Å². The zero-order valence-electron chi connectivity index (χ0n) is 13.8. The van der Waals surface area contributed by atoms with E-state index in [9.17, 15) is 9.35 Å². The first-order valence-corrected chi connectivity index (χ1v) is 9.90. The molecule has 1 aliphatic heterocycles. The number of thiazole rings is 1. The van der Waals surface area contributed by atoms with E-state index in [0.29, 0.717) is 5.92 Å². The third-order valence-corrected chi connectivity index (χ3v) is 6.36. The minimum atomic E-state index is -1.21. The van der Waals surface area contributed by atoms with Gasteiger partial charge in [0.15, 0.2) is 4.90 Å². The zero-order chi connectivity index (χ0) is 17.1. The lowest BCUT2D eigenvalue weighted by Crippen LogP contribution is -2.33. The number of hydrogen-bond acceptors (Lipinski definition) is 5. The highest BCUT2D eigenvalue weighted by Crippen LogP contribution is 2.26. The molecule has 3 rings (SSSR count). The Bertz CT molecular complexity index is 707. The first-order chi connectivity index (χ1) is 11.6. The molecule has 0 spiro atoms. The molecule has 0 aliphatic carbocycles. The van der Waals surface area contributed by atoms with E-state index >= 15 is 0 Å². The Morgan fingerprint density at radius 1 is 1.54 bits per heavy atom. The maximum Gasteiger partial charge on any atom is 0.209 e. The maximum absolute atomic E-state index is 12.8. The Balaban J connectivity index is 1.68. The molecule has 2 aromatic rings. The Morgan fingerprint density at radius 3 is 3.04 bits per heavy atom. The number of rotatable bonds is 6. The van der Waals surface area contributed by atoms with Crippen molar-refractivity contribution >= 4 is 29.1 Å². The quantitative estimate of drug-likeness (QED) is 0.585. The van der Waals surface area contributed by atoms with Crippen LogP contribution in [0.3, 0.4) is 0 Å². The summed E-state index contributed by atoms with van der Waals surface area (Å²) >= 11 is 0.400. The van der Waals surface area contributed by atoms with E-state index in [0.717, 1.165) is 53.6 Å². The van der Waals surface area contributed by atoms with Gasteiger partial charge in [-0.2, -0.15) is 0 Å². The van der Waals surface area contributed by atoms with Crippen molar-refractivity contribution in [2.24, 2.45) is 5.92 Å². The predicted molar refractivity (Wildman–Crippen MR) is 97.1 cm³/mol. The van der Waals surface area contributed by atoms with Crippen LogP contribution in [-0.4, -0.2) is 51.8 Å². The zero-order valence-corrected chi connectivity index (χ0v) is 15.5. The van der Waals surface area contributed by atoms with Gasteiger partial charge >= 0.3 is 0 Å². The largest absolute Gasteiger partial charge is 0.593 e. The van der Waals surface area contributed by atoms with Crippen LogP contribution in [0.4, 0.5) is 0 Å². The summed E-state index contributed by atoms with van der Waals surface area (Å²) in [7, 11) is 1.87. The van der Waals surface area contributed by atoms with Crippen LogP contribution in [0.5, 0.6) is 0 Å². The van der Waals surface area contributed by atoms with Crippen LogP contribution in [0.1, 0.15) is 11.4 Å². The molecular weight excluding hydrogens is 342 g/mol. The lowest BCUT2D eigenvalue weighted by molar-refractivity contribution is -0.117. The summed E-state index contributed by atoms with van der Waals surface area (Å²) in [6, 6.07) is 7.76. The summed E-state index contributed by atoms with van der Waals surface area (Å²) < 4.78 is 14.7. The fourth-order valence-corrected chi connectivity index (χ4v) is 4.73. The van der Waals surface area contributed by atoms with Crippen LogP contribution in [0.25, 0.3) is 11.3 Å². The molecule has 24 heavy (non-hydrogen) atoms. The molecule has 2 atom stereocenters. The lowest BCUT2D eigenvalue weighted by atomic mass is 10.1. The highest BCUT2D eigenvalue weighted by molar-refractivity contribution is 7.89. The van der Waals surface area contributed by atoms with Crippen molar-refractivity contribution in [2.45, 2.75) is 18.2 Å². The number of hydrogen-bond donors (Lipinski definition) is 0. The predicted octanol–water partition coefficient (Wildman–Crippen LogP) is 2.55. The van der Waals surface area contributed by atoms with Gasteiger partial charge in [-0.3, -0.25) is 4.79 Å². The average Bonchev–Trinajstić information content (AvgIpc) is 3.23. The summed E-state index contributed by atoms with van der Waals surface area (Å²) in [6.07, 6.45) is 1.87. The molecule has 0 bridgehead atoms. The van der Waals surface area contributed by atoms with Crippen LogP contribution < -0.4 is 0 Å². The van der Waals surface area contributed by atoms with Gasteiger partial charge in [0, 0.05) is 43.7 Å². The van der Waals surface area contributed by atoms with E-state index in [2.05, 4.69) is 4.98 Å². The fourth-order valence-electron chi connectivity index (χ4n) is 2.98. The summed E-state index contributed by atoms with van der Waals surface area (Å²) in [5.74, 6) is 0.383. The second-order valence-corrected chi connectivity index (χ2v) is 8.75. The number of likely N-dealkylation sites (tertiary alicyclic amines) is 1. The molecular formula is C17H21N3O2S2. The minimum absolute atomic E-state index is 0.383. The molecule has 2 heterocycles. The summed E-state index contributed by atoms with van der Waals surface area (Å²) in [5, 5.41) is 3.04. The van der Waals surface area contributed by atoms with Crippen LogP contribution in [0.2, 0.25) is 0 Å². The van der Waals surface area contributed by atoms with E-state index in [-0.39, 0.29) is 0 Å². The highest BCUT2D eigenvalue weighted by atomic mass is 32.2. The van der Waals surface area contributed by atoms with Gasteiger partial charge in [-0.05, 0) is 25.3 Å². The highest BCUT2D eigenvalue weighted by Gasteiger charge is 2.27. The molecule has 0 N–H and O–H groups in total. The van der Waals surface area contributed by atoms with Gasteiger partial charge in [0.05, 0.1) is 22.1 Å².